The van der Waals surface area contributed by atoms with Gasteiger partial charge in [-0.2, -0.15) is 0 Å². The van der Waals surface area contributed by atoms with E-state index in [0.717, 1.165) is 17.7 Å². The van der Waals surface area contributed by atoms with E-state index in [0.29, 0.717) is 22.6 Å². The standard InChI is InChI=1S/C28H23F2NO4S/c1-2-36(33,34)23-12-8-19(9-13-23)16-28(32)31-21-10-14-24(20-6-4-3-5-7-20)27(17-21)35-22-11-15-25(29)26(30)18-22/h3-15,17-18H,2,16H2,1H3,(H,31,32). The molecule has 36 heavy (non-hydrogen) atoms. The van der Waals surface area contributed by atoms with Crippen molar-refractivity contribution >= 4 is 21.4 Å². The lowest BCUT2D eigenvalue weighted by molar-refractivity contribution is -0.115. The van der Waals surface area contributed by atoms with Gasteiger partial charge in [-0.1, -0.05) is 49.4 Å². The Labute approximate surface area is 208 Å². The van der Waals surface area contributed by atoms with Crippen LogP contribution in [0.4, 0.5) is 14.5 Å². The fraction of sp³-hybridized carbons (Fsp3) is 0.107. The summed E-state index contributed by atoms with van der Waals surface area (Å²) in [6, 6.07) is 23.9. The summed E-state index contributed by atoms with van der Waals surface area (Å²) in [4.78, 5) is 12.9. The molecule has 0 aliphatic heterocycles. The molecule has 0 radical (unpaired) electrons. The van der Waals surface area contributed by atoms with E-state index in [2.05, 4.69) is 5.32 Å². The lowest BCUT2D eigenvalue weighted by Crippen LogP contribution is -2.14. The fourth-order valence-corrected chi connectivity index (χ4v) is 4.46. The summed E-state index contributed by atoms with van der Waals surface area (Å²) in [6.45, 7) is 1.57. The monoisotopic (exact) mass is 507 g/mol. The second-order valence-corrected chi connectivity index (χ2v) is 10.3. The van der Waals surface area contributed by atoms with Gasteiger partial charge >= 0.3 is 0 Å². The number of anilines is 1. The molecular formula is C28H23F2NO4S. The average molecular weight is 508 g/mol. The third-order valence-electron chi connectivity index (χ3n) is 5.50. The van der Waals surface area contributed by atoms with Crippen LogP contribution in [-0.4, -0.2) is 20.1 Å². The molecule has 0 saturated heterocycles. The normalized spacial score (nSPS) is 11.2. The van der Waals surface area contributed by atoms with Gasteiger partial charge in [0.05, 0.1) is 17.1 Å². The first-order valence-electron chi connectivity index (χ1n) is 11.2. The van der Waals surface area contributed by atoms with Gasteiger partial charge in [0.15, 0.2) is 21.5 Å². The molecule has 8 heteroatoms. The van der Waals surface area contributed by atoms with Crippen molar-refractivity contribution in [1.82, 2.24) is 0 Å². The maximum atomic E-state index is 13.7. The zero-order valence-corrected chi connectivity index (χ0v) is 20.2. The number of amides is 1. The lowest BCUT2D eigenvalue weighted by Gasteiger charge is -2.14. The van der Waals surface area contributed by atoms with E-state index in [9.17, 15) is 22.0 Å². The Hall–Kier alpha value is -4.04. The van der Waals surface area contributed by atoms with Crippen molar-refractivity contribution in [1.29, 1.82) is 0 Å². The van der Waals surface area contributed by atoms with Crippen LogP contribution in [0.2, 0.25) is 0 Å². The molecule has 4 aromatic carbocycles. The van der Waals surface area contributed by atoms with E-state index in [1.807, 2.05) is 30.3 Å². The van der Waals surface area contributed by atoms with Gasteiger partial charge in [-0.05, 0) is 47.5 Å². The molecule has 0 heterocycles. The molecule has 4 rings (SSSR count). The minimum Gasteiger partial charge on any atom is -0.457 e. The van der Waals surface area contributed by atoms with E-state index >= 15 is 0 Å². The van der Waals surface area contributed by atoms with Crippen LogP contribution in [0.1, 0.15) is 12.5 Å². The van der Waals surface area contributed by atoms with E-state index in [1.165, 1.54) is 18.2 Å². The number of halogens is 2. The zero-order valence-electron chi connectivity index (χ0n) is 19.4. The van der Waals surface area contributed by atoms with E-state index in [4.69, 9.17) is 4.74 Å². The minimum atomic E-state index is -3.31. The summed E-state index contributed by atoms with van der Waals surface area (Å²) >= 11 is 0. The van der Waals surface area contributed by atoms with Crippen LogP contribution in [0.25, 0.3) is 11.1 Å². The maximum absolute atomic E-state index is 13.7. The summed E-state index contributed by atoms with van der Waals surface area (Å²) in [5.74, 6) is -1.87. The number of sulfone groups is 1. The van der Waals surface area contributed by atoms with Gasteiger partial charge in [0, 0.05) is 23.4 Å². The number of carbonyl (C=O) groups is 1. The van der Waals surface area contributed by atoms with E-state index in [-0.39, 0.29) is 28.7 Å². The van der Waals surface area contributed by atoms with Gasteiger partial charge in [0.2, 0.25) is 5.91 Å². The highest BCUT2D eigenvalue weighted by Crippen LogP contribution is 2.36. The van der Waals surface area contributed by atoms with Crippen LogP contribution in [0, 0.1) is 11.6 Å². The van der Waals surface area contributed by atoms with Crippen molar-refractivity contribution in [3.05, 3.63) is 108 Å². The largest absolute Gasteiger partial charge is 0.457 e. The molecule has 0 aromatic heterocycles. The third-order valence-corrected chi connectivity index (χ3v) is 7.25. The Morgan fingerprint density at radius 2 is 1.58 bits per heavy atom. The molecular weight excluding hydrogens is 484 g/mol. The van der Waals surface area contributed by atoms with E-state index in [1.54, 1.807) is 37.3 Å². The van der Waals surface area contributed by atoms with Crippen LogP contribution < -0.4 is 10.1 Å². The zero-order chi connectivity index (χ0) is 25.7. The summed E-state index contributed by atoms with van der Waals surface area (Å²) in [5, 5.41) is 2.80. The molecule has 5 nitrogen and oxygen atoms in total. The van der Waals surface area contributed by atoms with Crippen molar-refractivity contribution in [2.45, 2.75) is 18.2 Å². The number of nitrogens with one attached hydrogen (secondary N) is 1. The maximum Gasteiger partial charge on any atom is 0.228 e. The van der Waals surface area contributed by atoms with Gasteiger partial charge in [0.1, 0.15) is 11.5 Å². The highest BCUT2D eigenvalue weighted by molar-refractivity contribution is 7.91. The molecule has 0 aliphatic carbocycles. The van der Waals surface area contributed by atoms with Gasteiger partial charge < -0.3 is 10.1 Å². The Bertz CT molecular complexity index is 1490. The molecule has 0 bridgehead atoms. The van der Waals surface area contributed by atoms with Crippen molar-refractivity contribution in [3.8, 4) is 22.6 Å². The predicted molar refractivity (Wildman–Crippen MR) is 135 cm³/mol. The minimum absolute atomic E-state index is 0.000771. The summed E-state index contributed by atoms with van der Waals surface area (Å²) < 4.78 is 56.9. The fourth-order valence-electron chi connectivity index (χ4n) is 3.58. The Morgan fingerprint density at radius 3 is 2.25 bits per heavy atom. The Kier molecular flexibility index (Phi) is 7.45. The Morgan fingerprint density at radius 1 is 0.861 bits per heavy atom. The van der Waals surface area contributed by atoms with Crippen LogP contribution >= 0.6 is 0 Å². The topological polar surface area (TPSA) is 72.5 Å². The molecule has 0 aliphatic rings. The molecule has 0 unspecified atom stereocenters. The van der Waals surface area contributed by atoms with Gasteiger partial charge in [0.25, 0.3) is 0 Å². The first kappa shape index (κ1) is 25.1. The first-order chi connectivity index (χ1) is 17.2. The highest BCUT2D eigenvalue weighted by Gasteiger charge is 2.14. The van der Waals surface area contributed by atoms with Gasteiger partial charge in [-0.3, -0.25) is 4.79 Å². The number of ether oxygens (including phenoxy) is 1. The van der Waals surface area contributed by atoms with Crippen LogP contribution in [0.5, 0.6) is 11.5 Å². The smallest absolute Gasteiger partial charge is 0.228 e. The van der Waals surface area contributed by atoms with Crippen molar-refractivity contribution in [2.75, 3.05) is 11.1 Å². The van der Waals surface area contributed by atoms with Crippen LogP contribution in [0.15, 0.2) is 95.9 Å². The molecule has 0 fully saturated rings. The highest BCUT2D eigenvalue weighted by atomic mass is 32.2. The van der Waals surface area contributed by atoms with Gasteiger partial charge in [-0.15, -0.1) is 0 Å². The van der Waals surface area contributed by atoms with E-state index < -0.39 is 21.5 Å². The predicted octanol–water partition coefficient (Wildman–Crippen LogP) is 6.40. The quantitative estimate of drug-likeness (QED) is 0.300. The second kappa shape index (κ2) is 10.7. The average Bonchev–Trinajstić information content (AvgIpc) is 2.87. The number of hydrogen-bond donors (Lipinski definition) is 1. The van der Waals surface area contributed by atoms with Crippen LogP contribution in [-0.2, 0) is 21.1 Å². The van der Waals surface area contributed by atoms with Crippen LogP contribution in [0.3, 0.4) is 0 Å². The number of benzene rings is 4. The molecule has 184 valence electrons. The number of rotatable bonds is 8. The molecule has 1 N–H and O–H groups in total. The second-order valence-electron chi connectivity index (χ2n) is 8.03. The summed E-state index contributed by atoms with van der Waals surface area (Å²) in [5.41, 5.74) is 2.64. The molecule has 0 spiro atoms. The molecule has 0 atom stereocenters. The van der Waals surface area contributed by atoms with Gasteiger partial charge in [-0.25, -0.2) is 17.2 Å². The third kappa shape index (κ3) is 5.95. The molecule has 4 aromatic rings. The first-order valence-corrected chi connectivity index (χ1v) is 12.8. The van der Waals surface area contributed by atoms with Crippen molar-refractivity contribution in [3.63, 3.8) is 0 Å². The van der Waals surface area contributed by atoms with Crippen molar-refractivity contribution in [2.24, 2.45) is 0 Å². The summed E-state index contributed by atoms with van der Waals surface area (Å²) in [7, 11) is -3.31. The van der Waals surface area contributed by atoms with Crippen molar-refractivity contribution < 1.29 is 26.7 Å². The summed E-state index contributed by atoms with van der Waals surface area (Å²) in [6.07, 6.45) is 0.0340. The number of hydrogen-bond acceptors (Lipinski definition) is 4. The number of carbonyl (C=O) groups excluding carboxylic acids is 1. The lowest BCUT2D eigenvalue weighted by atomic mass is 10.0. The Balaban J connectivity index is 1.56. The SMILES string of the molecule is CCS(=O)(=O)c1ccc(CC(=O)Nc2ccc(-c3ccccc3)c(Oc3ccc(F)c(F)c3)c2)cc1. The molecule has 0 saturated carbocycles. The molecule has 1 amide bonds.